The number of carbonyl (C=O) groups is 1. The maximum Gasteiger partial charge on any atom is 0.234 e. The number of aromatic amines is 1. The van der Waals surface area contributed by atoms with E-state index < -0.39 is 0 Å². The fraction of sp³-hybridized carbons (Fsp3) is 0.552. The molecule has 8 nitrogen and oxygen atoms in total. The van der Waals surface area contributed by atoms with Crippen molar-refractivity contribution in [1.82, 2.24) is 29.8 Å². The summed E-state index contributed by atoms with van der Waals surface area (Å²) >= 11 is 1.95. The fourth-order valence-electron chi connectivity index (χ4n) is 6.94. The quantitative estimate of drug-likeness (QED) is 0.313. The van der Waals surface area contributed by atoms with Crippen molar-refractivity contribution in [3.05, 3.63) is 39.7 Å². The van der Waals surface area contributed by atoms with Gasteiger partial charge in [-0.1, -0.05) is 13.8 Å². The van der Waals surface area contributed by atoms with Crippen molar-refractivity contribution in [2.24, 2.45) is 5.92 Å². The number of H-pyrrole nitrogens is 1. The molecular weight excluding hydrogens is 496 g/mol. The summed E-state index contributed by atoms with van der Waals surface area (Å²) in [6.07, 6.45) is 6.09. The van der Waals surface area contributed by atoms with E-state index in [0.717, 1.165) is 18.6 Å². The molecule has 4 aromatic rings. The Morgan fingerprint density at radius 3 is 2.76 bits per heavy atom. The lowest BCUT2D eigenvalue weighted by Gasteiger charge is -2.31. The summed E-state index contributed by atoms with van der Waals surface area (Å²) < 4.78 is 6.94. The van der Waals surface area contributed by atoms with Crippen LogP contribution in [0.5, 0.6) is 0 Å². The van der Waals surface area contributed by atoms with E-state index in [9.17, 15) is 4.79 Å². The lowest BCUT2D eigenvalue weighted by Crippen LogP contribution is -2.43. The molecule has 6 rings (SSSR count). The van der Waals surface area contributed by atoms with Gasteiger partial charge in [0.25, 0.3) is 0 Å². The van der Waals surface area contributed by atoms with Gasteiger partial charge in [0, 0.05) is 48.3 Å². The van der Waals surface area contributed by atoms with E-state index in [4.69, 9.17) is 4.74 Å². The largest absolute Gasteiger partial charge is 0.383 e. The van der Waals surface area contributed by atoms with Crippen LogP contribution in [0, 0.1) is 26.7 Å². The highest BCUT2D eigenvalue weighted by Crippen LogP contribution is 2.53. The Bertz CT molecular complexity index is 1510. The van der Waals surface area contributed by atoms with Gasteiger partial charge in [-0.05, 0) is 73.6 Å². The Hall–Kier alpha value is -2.75. The molecular formula is C29H38N6O2S. The van der Waals surface area contributed by atoms with E-state index in [1.165, 1.54) is 55.0 Å². The molecule has 1 saturated heterocycles. The first kappa shape index (κ1) is 25.5. The second-order valence-electron chi connectivity index (χ2n) is 11.4. The molecule has 202 valence electrons. The van der Waals surface area contributed by atoms with Crippen molar-refractivity contribution in [2.75, 3.05) is 33.4 Å². The molecule has 2 bridgehead atoms. The van der Waals surface area contributed by atoms with Crippen molar-refractivity contribution in [2.45, 2.75) is 65.3 Å². The molecule has 5 heterocycles. The number of fused-ring (bicyclic) bond motifs is 4. The molecule has 2 aliphatic rings. The number of thiophene rings is 1. The van der Waals surface area contributed by atoms with Crippen LogP contribution in [0.1, 0.15) is 65.7 Å². The molecule has 0 aromatic carbocycles. The highest BCUT2D eigenvalue weighted by atomic mass is 32.1. The van der Waals surface area contributed by atoms with Crippen LogP contribution in [-0.2, 0) is 9.53 Å². The molecule has 0 radical (unpaired) electrons. The number of carbonyl (C=O) groups excluding carboxylic acids is 1. The van der Waals surface area contributed by atoms with Gasteiger partial charge in [0.1, 0.15) is 11.2 Å². The van der Waals surface area contributed by atoms with Crippen LogP contribution >= 0.6 is 11.3 Å². The third-order valence-electron chi connectivity index (χ3n) is 8.90. The summed E-state index contributed by atoms with van der Waals surface area (Å²) in [6.45, 7) is 13.9. The first-order valence-electron chi connectivity index (χ1n) is 13.7. The maximum atomic E-state index is 12.4. The number of rotatable bonds is 8. The van der Waals surface area contributed by atoms with Gasteiger partial charge in [-0.15, -0.1) is 11.3 Å². The number of nitrogens with one attached hydrogen (secondary N) is 2. The number of nitrogens with zero attached hydrogens (tertiary/aromatic N) is 4. The molecule has 38 heavy (non-hydrogen) atoms. The van der Waals surface area contributed by atoms with Crippen molar-refractivity contribution in [3.8, 4) is 11.3 Å². The second-order valence-corrected chi connectivity index (χ2v) is 12.5. The first-order chi connectivity index (χ1) is 18.3. The summed E-state index contributed by atoms with van der Waals surface area (Å²) in [6, 6.07) is 0.498. The molecule has 2 N–H and O–H groups in total. The number of aromatic nitrogens is 4. The summed E-state index contributed by atoms with van der Waals surface area (Å²) in [5.74, 6) is 1.70. The van der Waals surface area contributed by atoms with Gasteiger partial charge >= 0.3 is 0 Å². The number of methoxy groups -OCH3 is 1. The topological polar surface area (TPSA) is 87.5 Å². The van der Waals surface area contributed by atoms with Crippen LogP contribution < -0.4 is 5.32 Å². The zero-order valence-corrected chi connectivity index (χ0v) is 24.0. The number of hydrogen-bond acceptors (Lipinski definition) is 6. The van der Waals surface area contributed by atoms with Gasteiger partial charge < -0.3 is 15.0 Å². The molecule has 1 saturated carbocycles. The second kappa shape index (κ2) is 9.77. The van der Waals surface area contributed by atoms with E-state index in [-0.39, 0.29) is 5.91 Å². The molecule has 1 unspecified atom stereocenters. The number of ether oxygens (including phenoxy) is 1. The van der Waals surface area contributed by atoms with E-state index in [2.05, 4.69) is 66.1 Å². The number of hydrogen-bond donors (Lipinski definition) is 2. The van der Waals surface area contributed by atoms with Gasteiger partial charge in [-0.2, -0.15) is 5.10 Å². The van der Waals surface area contributed by atoms with Crippen molar-refractivity contribution in [3.63, 3.8) is 0 Å². The summed E-state index contributed by atoms with van der Waals surface area (Å²) in [4.78, 5) is 25.9. The smallest absolute Gasteiger partial charge is 0.234 e. The van der Waals surface area contributed by atoms with Gasteiger partial charge in [0.2, 0.25) is 5.91 Å². The highest BCUT2D eigenvalue weighted by Gasteiger charge is 2.46. The Morgan fingerprint density at radius 2 is 2.05 bits per heavy atom. The van der Waals surface area contributed by atoms with Gasteiger partial charge in [0.05, 0.1) is 18.8 Å². The standard InChI is InChI=1S/C29H38N6O2S/c1-15(2)24-25-18(5)27(21-10-20-9-19(21)11-34(20)13-23(36)30-7-8-37-6)38-29(25)33-26(24)22-12-35-28(31-14-32-35)17(4)16(22)3/h12,14-15,19-21,33H,7-11,13H2,1-6H3,(H,30,36)/t19-,20?,21+/m0/s1. The van der Waals surface area contributed by atoms with Gasteiger partial charge in [-0.3, -0.25) is 9.69 Å². The Kier molecular flexibility index (Phi) is 6.56. The lowest BCUT2D eigenvalue weighted by atomic mass is 9.88. The zero-order valence-electron chi connectivity index (χ0n) is 23.2. The predicted octanol–water partition coefficient (Wildman–Crippen LogP) is 4.93. The average molecular weight is 535 g/mol. The van der Waals surface area contributed by atoms with E-state index in [1.807, 2.05) is 15.9 Å². The van der Waals surface area contributed by atoms with Gasteiger partial charge in [0.15, 0.2) is 5.65 Å². The number of pyridine rings is 1. The molecule has 0 spiro atoms. The molecule has 2 fully saturated rings. The lowest BCUT2D eigenvalue weighted by molar-refractivity contribution is -0.122. The molecule has 1 amide bonds. The number of aryl methyl sites for hydroxylation is 2. The third-order valence-corrected chi connectivity index (χ3v) is 10.2. The molecule has 1 aliphatic heterocycles. The first-order valence-corrected chi connectivity index (χ1v) is 14.5. The van der Waals surface area contributed by atoms with Crippen LogP contribution in [0.2, 0.25) is 0 Å². The number of amides is 1. The number of piperidine rings is 1. The molecule has 3 atom stereocenters. The summed E-state index contributed by atoms with van der Waals surface area (Å²) in [5.41, 5.74) is 8.60. The molecule has 1 aliphatic carbocycles. The van der Waals surface area contributed by atoms with Crippen LogP contribution in [0.25, 0.3) is 27.1 Å². The zero-order chi connectivity index (χ0) is 26.7. The normalized spacial score (nSPS) is 21.5. The molecule has 9 heteroatoms. The molecule has 4 aromatic heterocycles. The van der Waals surface area contributed by atoms with E-state index in [0.29, 0.717) is 43.5 Å². The summed E-state index contributed by atoms with van der Waals surface area (Å²) in [7, 11) is 1.66. The van der Waals surface area contributed by atoms with Crippen molar-refractivity contribution < 1.29 is 9.53 Å². The van der Waals surface area contributed by atoms with E-state index >= 15 is 0 Å². The fourth-order valence-corrected chi connectivity index (χ4v) is 8.37. The SMILES string of the molecule is COCCNC(=O)CN1C[C@@H]2CC1C[C@H]2c1sc2[nH]c(-c3cn4ncnc4c(C)c3C)c(C(C)C)c2c1C. The van der Waals surface area contributed by atoms with Crippen LogP contribution in [-0.4, -0.2) is 69.8 Å². The Morgan fingerprint density at radius 1 is 1.24 bits per heavy atom. The minimum absolute atomic E-state index is 0.107. The Labute approximate surface area is 227 Å². The third kappa shape index (κ3) is 4.06. The average Bonchev–Trinajstić information content (AvgIpc) is 3.68. The minimum atomic E-state index is 0.107. The Balaban J connectivity index is 1.29. The highest BCUT2D eigenvalue weighted by molar-refractivity contribution is 7.19. The predicted molar refractivity (Wildman–Crippen MR) is 152 cm³/mol. The van der Waals surface area contributed by atoms with Crippen LogP contribution in [0.15, 0.2) is 12.5 Å². The van der Waals surface area contributed by atoms with Crippen LogP contribution in [0.4, 0.5) is 0 Å². The van der Waals surface area contributed by atoms with Crippen molar-refractivity contribution >= 4 is 33.1 Å². The van der Waals surface area contributed by atoms with Gasteiger partial charge in [-0.25, -0.2) is 9.50 Å². The maximum absolute atomic E-state index is 12.4. The van der Waals surface area contributed by atoms with Crippen LogP contribution in [0.3, 0.4) is 0 Å². The number of likely N-dealkylation sites (tertiary alicyclic amines) is 1. The van der Waals surface area contributed by atoms with E-state index in [1.54, 1.807) is 13.4 Å². The monoisotopic (exact) mass is 534 g/mol. The minimum Gasteiger partial charge on any atom is -0.383 e. The van der Waals surface area contributed by atoms with Crippen molar-refractivity contribution in [1.29, 1.82) is 0 Å². The summed E-state index contributed by atoms with van der Waals surface area (Å²) in [5, 5.41) is 8.81.